The minimum atomic E-state index is -0.808. The first-order chi connectivity index (χ1) is 9.03. The Kier molecular flexibility index (Phi) is 4.43. The number of rotatable bonds is 4. The van der Waals surface area contributed by atoms with Gasteiger partial charge in [0.25, 0.3) is 0 Å². The molecule has 1 atom stereocenters. The van der Waals surface area contributed by atoms with E-state index >= 15 is 0 Å². The Labute approximate surface area is 123 Å². The summed E-state index contributed by atoms with van der Waals surface area (Å²) in [6, 6.07) is 16.3. The van der Waals surface area contributed by atoms with Gasteiger partial charge in [-0.3, -0.25) is 0 Å². The van der Waals surface area contributed by atoms with Gasteiger partial charge in [-0.1, -0.05) is 64.8 Å². The summed E-state index contributed by atoms with van der Waals surface area (Å²) in [7, 11) is 0. The van der Waals surface area contributed by atoms with Crippen molar-refractivity contribution in [2.75, 3.05) is 0 Å². The summed E-state index contributed by atoms with van der Waals surface area (Å²) in [5.74, 6) is 0. The molecule has 1 nitrogen and oxygen atoms in total. The van der Waals surface area contributed by atoms with Gasteiger partial charge in [0.1, 0.15) is 0 Å². The predicted octanol–water partition coefficient (Wildman–Crippen LogP) is 4.60. The van der Waals surface area contributed by atoms with E-state index in [4.69, 9.17) is 0 Å². The van der Waals surface area contributed by atoms with E-state index in [9.17, 15) is 5.11 Å². The fraction of sp³-hybridized carbons (Fsp3) is 0.294. The van der Waals surface area contributed by atoms with E-state index in [0.29, 0.717) is 12.8 Å². The third-order valence-corrected chi connectivity index (χ3v) is 4.02. The summed E-state index contributed by atoms with van der Waals surface area (Å²) < 4.78 is 1.00. The molecule has 0 amide bonds. The standard InChI is InChI=1S/C17H19BrO/c1-3-17(19,15-8-5-9-16(18)11-15)12-14-7-4-6-13(2)10-14/h4-11,19H,3,12H2,1-2H3. The van der Waals surface area contributed by atoms with Crippen molar-refractivity contribution in [3.8, 4) is 0 Å². The Morgan fingerprint density at radius 3 is 2.47 bits per heavy atom. The van der Waals surface area contributed by atoms with E-state index in [2.05, 4.69) is 41.1 Å². The third-order valence-electron chi connectivity index (χ3n) is 3.53. The van der Waals surface area contributed by atoms with Gasteiger partial charge < -0.3 is 5.11 Å². The molecule has 0 aliphatic heterocycles. The summed E-state index contributed by atoms with van der Waals surface area (Å²) in [6.45, 7) is 4.10. The number of benzene rings is 2. The maximum Gasteiger partial charge on any atom is 0.0934 e. The molecule has 0 fully saturated rings. The van der Waals surface area contributed by atoms with Crippen LogP contribution in [-0.4, -0.2) is 5.11 Å². The van der Waals surface area contributed by atoms with Crippen molar-refractivity contribution in [1.82, 2.24) is 0 Å². The van der Waals surface area contributed by atoms with Gasteiger partial charge in [0.2, 0.25) is 0 Å². The molecule has 0 aromatic heterocycles. The van der Waals surface area contributed by atoms with E-state index in [1.165, 1.54) is 11.1 Å². The molecular formula is C17H19BrO. The van der Waals surface area contributed by atoms with Gasteiger partial charge in [0.15, 0.2) is 0 Å². The highest BCUT2D eigenvalue weighted by Crippen LogP contribution is 2.31. The van der Waals surface area contributed by atoms with Crippen LogP contribution >= 0.6 is 15.9 Å². The van der Waals surface area contributed by atoms with Gasteiger partial charge in [-0.25, -0.2) is 0 Å². The van der Waals surface area contributed by atoms with Gasteiger partial charge in [0, 0.05) is 10.9 Å². The molecule has 100 valence electrons. The van der Waals surface area contributed by atoms with Crippen LogP contribution in [0.5, 0.6) is 0 Å². The molecule has 0 saturated carbocycles. The zero-order valence-corrected chi connectivity index (χ0v) is 12.9. The van der Waals surface area contributed by atoms with E-state index in [0.717, 1.165) is 10.0 Å². The van der Waals surface area contributed by atoms with Crippen molar-refractivity contribution in [3.05, 3.63) is 69.7 Å². The highest BCUT2D eigenvalue weighted by molar-refractivity contribution is 9.10. The van der Waals surface area contributed by atoms with Crippen LogP contribution in [0, 0.1) is 6.92 Å². The monoisotopic (exact) mass is 318 g/mol. The molecule has 2 heteroatoms. The number of hydrogen-bond donors (Lipinski definition) is 1. The van der Waals surface area contributed by atoms with E-state index in [1.54, 1.807) is 0 Å². The SMILES string of the molecule is CCC(O)(Cc1cccc(C)c1)c1cccc(Br)c1. The first-order valence-corrected chi connectivity index (χ1v) is 7.37. The largest absolute Gasteiger partial charge is 0.385 e. The fourth-order valence-electron chi connectivity index (χ4n) is 2.37. The average Bonchev–Trinajstić information content (AvgIpc) is 2.38. The van der Waals surface area contributed by atoms with Gasteiger partial charge in [-0.2, -0.15) is 0 Å². The summed E-state index contributed by atoms with van der Waals surface area (Å²) in [4.78, 5) is 0. The lowest BCUT2D eigenvalue weighted by Gasteiger charge is -2.28. The van der Waals surface area contributed by atoms with Crippen molar-refractivity contribution in [1.29, 1.82) is 0 Å². The summed E-state index contributed by atoms with van der Waals surface area (Å²) in [6.07, 6.45) is 1.33. The molecule has 0 radical (unpaired) electrons. The lowest BCUT2D eigenvalue weighted by atomic mass is 9.85. The molecular weight excluding hydrogens is 300 g/mol. The maximum absolute atomic E-state index is 10.9. The first kappa shape index (κ1) is 14.3. The minimum absolute atomic E-state index is 0.641. The van der Waals surface area contributed by atoms with E-state index in [1.807, 2.05) is 37.3 Å². The fourth-order valence-corrected chi connectivity index (χ4v) is 2.77. The highest BCUT2D eigenvalue weighted by atomic mass is 79.9. The van der Waals surface area contributed by atoms with Gasteiger partial charge >= 0.3 is 0 Å². The second-order valence-corrected chi connectivity index (χ2v) is 5.98. The van der Waals surface area contributed by atoms with Crippen LogP contribution in [-0.2, 0) is 12.0 Å². The molecule has 0 aliphatic carbocycles. The predicted molar refractivity (Wildman–Crippen MR) is 83.2 cm³/mol. The Morgan fingerprint density at radius 1 is 1.11 bits per heavy atom. The van der Waals surface area contributed by atoms with Gasteiger partial charge in [-0.05, 0) is 36.6 Å². The van der Waals surface area contributed by atoms with Crippen LogP contribution in [0.25, 0.3) is 0 Å². The Balaban J connectivity index is 2.32. The number of halogens is 1. The van der Waals surface area contributed by atoms with Crippen molar-refractivity contribution >= 4 is 15.9 Å². The van der Waals surface area contributed by atoms with Crippen LogP contribution in [0.4, 0.5) is 0 Å². The molecule has 0 aliphatic rings. The van der Waals surface area contributed by atoms with Crippen LogP contribution in [0.15, 0.2) is 53.0 Å². The lowest BCUT2D eigenvalue weighted by molar-refractivity contribution is 0.0327. The van der Waals surface area contributed by atoms with Gasteiger partial charge in [0.05, 0.1) is 5.60 Å². The van der Waals surface area contributed by atoms with Crippen LogP contribution < -0.4 is 0 Å². The maximum atomic E-state index is 10.9. The summed E-state index contributed by atoms with van der Waals surface area (Å²) in [5.41, 5.74) is 2.55. The van der Waals surface area contributed by atoms with Crippen molar-refractivity contribution in [3.63, 3.8) is 0 Å². The first-order valence-electron chi connectivity index (χ1n) is 6.57. The number of aliphatic hydroxyl groups is 1. The second-order valence-electron chi connectivity index (χ2n) is 5.06. The minimum Gasteiger partial charge on any atom is -0.385 e. The van der Waals surface area contributed by atoms with Crippen LogP contribution in [0.2, 0.25) is 0 Å². The second kappa shape index (κ2) is 5.89. The Hall–Kier alpha value is -1.12. The molecule has 0 heterocycles. The topological polar surface area (TPSA) is 20.2 Å². The molecule has 2 aromatic carbocycles. The summed E-state index contributed by atoms with van der Waals surface area (Å²) in [5, 5.41) is 10.9. The quantitative estimate of drug-likeness (QED) is 0.873. The molecule has 0 saturated heterocycles. The highest BCUT2D eigenvalue weighted by Gasteiger charge is 2.27. The number of aryl methyl sites for hydroxylation is 1. The van der Waals surface area contributed by atoms with Crippen LogP contribution in [0.3, 0.4) is 0 Å². The van der Waals surface area contributed by atoms with Crippen molar-refractivity contribution in [2.24, 2.45) is 0 Å². The Bertz CT molecular complexity index is 565. The molecule has 1 N–H and O–H groups in total. The smallest absolute Gasteiger partial charge is 0.0934 e. The zero-order chi connectivity index (χ0) is 13.9. The lowest BCUT2D eigenvalue weighted by Crippen LogP contribution is -2.27. The number of hydrogen-bond acceptors (Lipinski definition) is 1. The average molecular weight is 319 g/mol. The normalized spacial score (nSPS) is 14.1. The molecule has 0 bridgehead atoms. The van der Waals surface area contributed by atoms with Gasteiger partial charge in [-0.15, -0.1) is 0 Å². The molecule has 0 spiro atoms. The molecule has 19 heavy (non-hydrogen) atoms. The zero-order valence-electron chi connectivity index (χ0n) is 11.4. The molecule has 1 unspecified atom stereocenters. The van der Waals surface area contributed by atoms with Crippen LogP contribution in [0.1, 0.15) is 30.0 Å². The van der Waals surface area contributed by atoms with E-state index < -0.39 is 5.60 Å². The van der Waals surface area contributed by atoms with Crippen molar-refractivity contribution < 1.29 is 5.11 Å². The molecule has 2 aromatic rings. The van der Waals surface area contributed by atoms with E-state index in [-0.39, 0.29) is 0 Å². The Morgan fingerprint density at radius 2 is 1.84 bits per heavy atom. The molecule has 2 rings (SSSR count). The summed E-state index contributed by atoms with van der Waals surface area (Å²) >= 11 is 3.47. The van der Waals surface area contributed by atoms with Crippen molar-refractivity contribution in [2.45, 2.75) is 32.3 Å². The third kappa shape index (κ3) is 3.46.